The maximum atomic E-state index is 15.0. The summed E-state index contributed by atoms with van der Waals surface area (Å²) in [5.74, 6) is -12.7. The number of ether oxygens (including phenoxy) is 2. The number of aliphatic carboxylic acids is 2. The maximum absolute atomic E-state index is 15.0. The third kappa shape index (κ3) is 8.66. The topological polar surface area (TPSA) is 161 Å². The first-order valence-corrected chi connectivity index (χ1v) is 19.5. The van der Waals surface area contributed by atoms with Crippen molar-refractivity contribution in [3.05, 3.63) is 137 Å². The van der Waals surface area contributed by atoms with Gasteiger partial charge >= 0.3 is 23.9 Å². The Morgan fingerprint density at radius 1 is 0.556 bits per heavy atom. The van der Waals surface area contributed by atoms with E-state index >= 15 is 0 Å². The second-order valence-electron chi connectivity index (χ2n) is 12.1. The molecule has 0 aliphatic heterocycles. The molecule has 54 heavy (non-hydrogen) atoms. The standard InChI is InChI=1S/C40H34Cl2I2O10/c1-3-53-37(51)40(38(52)54-4-2,32(24-7-15-28(42)16-8-24)22-34(46)26-11-19-30(44)20-12-26)39(35(47)48,36(49)50)31(23-5-13-27(41)14-6-23)21-33(45)25-9-17-29(43)18-10-25/h5-20,31-32H,3-4,21-22H2,1-2H3,(H,47,48)(H,49,50). The van der Waals surface area contributed by atoms with Crippen LogP contribution in [0.15, 0.2) is 97.1 Å². The van der Waals surface area contributed by atoms with Gasteiger partial charge in [-0.1, -0.05) is 71.7 Å². The summed E-state index contributed by atoms with van der Waals surface area (Å²) >= 11 is 16.5. The zero-order valence-electron chi connectivity index (χ0n) is 28.9. The Hall–Kier alpha value is -3.86. The molecule has 4 aromatic carbocycles. The van der Waals surface area contributed by atoms with Crippen LogP contribution in [0.4, 0.5) is 0 Å². The summed E-state index contributed by atoms with van der Waals surface area (Å²) in [7, 11) is 0. The lowest BCUT2D eigenvalue weighted by Gasteiger charge is -2.49. The lowest BCUT2D eigenvalue weighted by Crippen LogP contribution is -2.67. The Morgan fingerprint density at radius 3 is 1.17 bits per heavy atom. The van der Waals surface area contributed by atoms with Crippen molar-refractivity contribution in [2.75, 3.05) is 13.2 Å². The summed E-state index contributed by atoms with van der Waals surface area (Å²) in [5, 5.41) is 23.5. The molecule has 0 aliphatic rings. The minimum atomic E-state index is -3.59. The van der Waals surface area contributed by atoms with Crippen LogP contribution in [0.1, 0.15) is 70.4 Å². The van der Waals surface area contributed by atoms with Gasteiger partial charge in [-0.15, -0.1) is 0 Å². The average Bonchev–Trinajstić information content (AvgIpc) is 3.13. The van der Waals surface area contributed by atoms with Gasteiger partial charge in [0.15, 0.2) is 22.4 Å². The predicted molar refractivity (Wildman–Crippen MR) is 218 cm³/mol. The van der Waals surface area contributed by atoms with Crippen LogP contribution in [-0.4, -0.2) is 58.9 Å². The summed E-state index contributed by atoms with van der Waals surface area (Å²) in [6, 6.07) is 23.5. The monoisotopic (exact) mass is 998 g/mol. The summed E-state index contributed by atoms with van der Waals surface area (Å²) in [6.45, 7) is 1.92. The molecular weight excluding hydrogens is 965 g/mol. The number of Topliss-reactive ketones (excluding diaryl/α,β-unsaturated/α-hetero) is 2. The number of carboxylic acid groups (broad SMARTS) is 2. The van der Waals surface area contributed by atoms with E-state index in [-0.39, 0.29) is 32.3 Å². The highest BCUT2D eigenvalue weighted by molar-refractivity contribution is 14.1. The fraction of sp³-hybridized carbons (Fsp3) is 0.250. The minimum Gasteiger partial charge on any atom is -0.480 e. The van der Waals surface area contributed by atoms with E-state index in [1.807, 2.05) is 45.2 Å². The molecule has 2 atom stereocenters. The molecule has 0 saturated heterocycles. The van der Waals surface area contributed by atoms with Crippen LogP contribution in [0.2, 0.25) is 10.0 Å². The summed E-state index contributed by atoms with van der Waals surface area (Å²) < 4.78 is 12.6. The number of carbonyl (C=O) groups is 6. The van der Waals surface area contributed by atoms with E-state index in [1.165, 1.54) is 86.6 Å². The number of carboxylic acids is 2. The quantitative estimate of drug-likeness (QED) is 0.0453. The SMILES string of the molecule is CCOC(=O)C(C(=O)OCC)(C(CC(=O)c1ccc(I)cc1)c1ccc(Cl)cc1)C(C(=O)O)(C(=O)O)C(CC(=O)c1ccc(I)cc1)c1ccc(Cl)cc1. The van der Waals surface area contributed by atoms with Gasteiger partial charge in [-0.05, 0) is 119 Å². The molecule has 0 heterocycles. The molecule has 0 spiro atoms. The van der Waals surface area contributed by atoms with Crippen molar-refractivity contribution in [2.45, 2.75) is 38.5 Å². The number of esters is 2. The van der Waals surface area contributed by atoms with E-state index in [2.05, 4.69) is 0 Å². The molecule has 0 saturated carbocycles. The van der Waals surface area contributed by atoms with Gasteiger partial charge in [0.2, 0.25) is 0 Å². The summed E-state index contributed by atoms with van der Waals surface area (Å²) in [5.41, 5.74) is -6.77. The molecule has 2 unspecified atom stereocenters. The van der Waals surface area contributed by atoms with E-state index in [1.54, 1.807) is 24.3 Å². The van der Waals surface area contributed by atoms with Gasteiger partial charge in [-0.25, -0.2) is 0 Å². The second kappa shape index (κ2) is 18.7. The van der Waals surface area contributed by atoms with E-state index in [9.17, 15) is 39.0 Å². The van der Waals surface area contributed by atoms with Crippen LogP contribution in [0.5, 0.6) is 0 Å². The number of hydrogen-bond acceptors (Lipinski definition) is 8. The van der Waals surface area contributed by atoms with E-state index < -0.39 is 84.2 Å². The lowest BCUT2D eigenvalue weighted by molar-refractivity contribution is -0.205. The Bertz CT molecular complexity index is 1980. The van der Waals surface area contributed by atoms with Crippen molar-refractivity contribution < 1.29 is 48.5 Å². The van der Waals surface area contributed by atoms with Crippen LogP contribution in [0.25, 0.3) is 0 Å². The third-order valence-corrected chi connectivity index (χ3v) is 11.1. The lowest BCUT2D eigenvalue weighted by atomic mass is 9.48. The molecule has 0 fully saturated rings. The van der Waals surface area contributed by atoms with Crippen molar-refractivity contribution >= 4 is 104 Å². The van der Waals surface area contributed by atoms with Crippen molar-refractivity contribution in [1.82, 2.24) is 0 Å². The van der Waals surface area contributed by atoms with Crippen molar-refractivity contribution in [2.24, 2.45) is 10.8 Å². The van der Waals surface area contributed by atoms with Crippen LogP contribution in [0, 0.1) is 18.0 Å². The Balaban J connectivity index is 2.23. The Labute approximate surface area is 348 Å². The molecule has 2 N–H and O–H groups in total. The zero-order chi connectivity index (χ0) is 39.8. The van der Waals surface area contributed by atoms with Gasteiger partial charge < -0.3 is 19.7 Å². The number of rotatable bonds is 17. The molecule has 0 amide bonds. The normalized spacial score (nSPS) is 12.6. The highest BCUT2D eigenvalue weighted by Gasteiger charge is 2.78. The van der Waals surface area contributed by atoms with Crippen molar-refractivity contribution in [1.29, 1.82) is 0 Å². The van der Waals surface area contributed by atoms with Crippen LogP contribution in [-0.2, 0) is 28.7 Å². The summed E-state index contributed by atoms with van der Waals surface area (Å²) in [4.78, 5) is 87.0. The molecule has 14 heteroatoms. The van der Waals surface area contributed by atoms with Gasteiger partial charge in [-0.3, -0.25) is 28.8 Å². The van der Waals surface area contributed by atoms with Gasteiger partial charge in [0.1, 0.15) is 0 Å². The van der Waals surface area contributed by atoms with E-state index in [0.717, 1.165) is 7.14 Å². The molecule has 0 bridgehead atoms. The summed E-state index contributed by atoms with van der Waals surface area (Å²) in [6.07, 6.45) is -1.61. The molecule has 10 nitrogen and oxygen atoms in total. The maximum Gasteiger partial charge on any atom is 0.326 e. The number of carbonyl (C=O) groups excluding carboxylic acids is 4. The smallest absolute Gasteiger partial charge is 0.326 e. The Kier molecular flexibility index (Phi) is 14.8. The highest BCUT2D eigenvalue weighted by Crippen LogP contribution is 2.61. The number of benzene rings is 4. The van der Waals surface area contributed by atoms with Crippen LogP contribution in [0.3, 0.4) is 0 Å². The van der Waals surface area contributed by atoms with Gasteiger partial charge in [0, 0.05) is 53.0 Å². The number of ketones is 2. The van der Waals surface area contributed by atoms with Gasteiger partial charge in [0.25, 0.3) is 0 Å². The average molecular weight is 999 g/mol. The van der Waals surface area contributed by atoms with E-state index in [4.69, 9.17) is 32.7 Å². The first kappa shape index (κ1) is 42.9. The van der Waals surface area contributed by atoms with Crippen LogP contribution >= 0.6 is 68.4 Å². The fourth-order valence-corrected chi connectivity index (χ4v) is 7.74. The zero-order valence-corrected chi connectivity index (χ0v) is 34.7. The molecule has 4 aromatic rings. The Morgan fingerprint density at radius 2 is 0.870 bits per heavy atom. The molecule has 282 valence electrons. The molecular formula is C40H34Cl2I2O10. The first-order valence-electron chi connectivity index (χ1n) is 16.5. The first-order chi connectivity index (χ1) is 25.6. The third-order valence-electron chi connectivity index (χ3n) is 9.19. The number of hydrogen-bond donors (Lipinski definition) is 2. The second-order valence-corrected chi connectivity index (χ2v) is 15.5. The van der Waals surface area contributed by atoms with Crippen LogP contribution < -0.4 is 0 Å². The van der Waals surface area contributed by atoms with Gasteiger partial charge in [-0.2, -0.15) is 0 Å². The van der Waals surface area contributed by atoms with Gasteiger partial charge in [0.05, 0.1) is 13.2 Å². The molecule has 4 rings (SSSR count). The molecule has 0 radical (unpaired) electrons. The minimum absolute atomic E-state index is 0.00469. The van der Waals surface area contributed by atoms with Crippen molar-refractivity contribution in [3.8, 4) is 0 Å². The fourth-order valence-electron chi connectivity index (χ4n) is 6.77. The predicted octanol–water partition coefficient (Wildman–Crippen LogP) is 8.88. The molecule has 0 aromatic heterocycles. The van der Waals surface area contributed by atoms with E-state index in [0.29, 0.717) is 0 Å². The number of halogens is 4. The van der Waals surface area contributed by atoms with Crippen molar-refractivity contribution in [3.63, 3.8) is 0 Å². The molecule has 0 aliphatic carbocycles. The largest absolute Gasteiger partial charge is 0.480 e. The highest BCUT2D eigenvalue weighted by atomic mass is 127.